The van der Waals surface area contributed by atoms with Gasteiger partial charge in [-0.15, -0.1) is 0 Å². The number of amides is 1. The van der Waals surface area contributed by atoms with Crippen LogP contribution in [0.2, 0.25) is 5.02 Å². The Hall–Kier alpha value is -2.20. The second kappa shape index (κ2) is 8.06. The van der Waals surface area contributed by atoms with Crippen molar-refractivity contribution in [3.05, 3.63) is 52.5 Å². The summed E-state index contributed by atoms with van der Waals surface area (Å²) in [5.74, 6) is 0.949. The fraction of sp³-hybridized carbons (Fsp3) is 0.316. The lowest BCUT2D eigenvalue weighted by atomic mass is 9.97. The van der Waals surface area contributed by atoms with Crippen LogP contribution in [0, 0.1) is 0 Å². The van der Waals surface area contributed by atoms with Crippen molar-refractivity contribution in [1.82, 2.24) is 0 Å². The van der Waals surface area contributed by atoms with E-state index in [-0.39, 0.29) is 5.91 Å². The van der Waals surface area contributed by atoms with Gasteiger partial charge in [0.15, 0.2) is 11.5 Å². The largest absolute Gasteiger partial charge is 0.493 e. The molecule has 4 nitrogen and oxygen atoms in total. The zero-order valence-corrected chi connectivity index (χ0v) is 15.1. The molecule has 128 valence electrons. The van der Waals surface area contributed by atoms with Gasteiger partial charge in [-0.25, -0.2) is 0 Å². The number of hydrogen-bond donors (Lipinski definition) is 1. The van der Waals surface area contributed by atoms with E-state index in [9.17, 15) is 4.79 Å². The van der Waals surface area contributed by atoms with Crippen molar-refractivity contribution in [3.8, 4) is 11.5 Å². The van der Waals surface area contributed by atoms with E-state index >= 15 is 0 Å². The summed E-state index contributed by atoms with van der Waals surface area (Å²) < 4.78 is 10.4. The minimum absolute atomic E-state index is 0.242. The van der Waals surface area contributed by atoms with E-state index in [1.54, 1.807) is 12.1 Å². The van der Waals surface area contributed by atoms with Crippen molar-refractivity contribution >= 4 is 23.2 Å². The molecule has 24 heavy (non-hydrogen) atoms. The molecule has 1 amide bonds. The van der Waals surface area contributed by atoms with Crippen LogP contribution in [0.3, 0.4) is 0 Å². The van der Waals surface area contributed by atoms with Crippen molar-refractivity contribution in [1.29, 1.82) is 0 Å². The predicted octanol–water partition coefficient (Wildman–Crippen LogP) is 5.12. The second-order valence-corrected chi connectivity index (χ2v) is 5.95. The van der Waals surface area contributed by atoms with Crippen LogP contribution >= 0.6 is 11.6 Å². The van der Waals surface area contributed by atoms with Gasteiger partial charge >= 0.3 is 0 Å². The molecular formula is C19H22ClNO3. The van der Waals surface area contributed by atoms with Crippen LogP contribution in [0.5, 0.6) is 11.5 Å². The van der Waals surface area contributed by atoms with Gasteiger partial charge < -0.3 is 14.8 Å². The molecule has 0 aliphatic carbocycles. The first kappa shape index (κ1) is 18.1. The smallest absolute Gasteiger partial charge is 0.255 e. The van der Waals surface area contributed by atoms with Gasteiger partial charge in [0.25, 0.3) is 5.91 Å². The van der Waals surface area contributed by atoms with E-state index < -0.39 is 0 Å². The molecule has 2 aromatic rings. The molecule has 2 aromatic carbocycles. The predicted molar refractivity (Wildman–Crippen MR) is 97.7 cm³/mol. The number of halogens is 1. The van der Waals surface area contributed by atoms with E-state index in [1.807, 2.05) is 24.3 Å². The van der Waals surface area contributed by atoms with Crippen molar-refractivity contribution in [2.45, 2.75) is 26.2 Å². The van der Waals surface area contributed by atoms with Crippen molar-refractivity contribution in [2.75, 3.05) is 19.5 Å². The third-order valence-electron chi connectivity index (χ3n) is 4.05. The monoisotopic (exact) mass is 347 g/mol. The number of benzene rings is 2. The third-order valence-corrected chi connectivity index (χ3v) is 4.33. The topological polar surface area (TPSA) is 47.6 Å². The molecule has 5 heteroatoms. The standard InChI is InChI=1S/C19H22ClNO3/c1-5-12(2)14-8-6-7-9-16(14)21-19(22)13-10-15(20)18(24-4)17(11-13)23-3/h6-12H,5H2,1-4H3,(H,21,22)/t12-/m1/s1. The highest BCUT2D eigenvalue weighted by molar-refractivity contribution is 6.32. The first-order valence-corrected chi connectivity index (χ1v) is 8.21. The minimum atomic E-state index is -0.242. The van der Waals surface area contributed by atoms with E-state index in [1.165, 1.54) is 14.2 Å². The van der Waals surface area contributed by atoms with Crippen LogP contribution in [0.4, 0.5) is 5.69 Å². The number of methoxy groups -OCH3 is 2. The Balaban J connectivity index is 2.33. The van der Waals surface area contributed by atoms with Crippen LogP contribution in [-0.4, -0.2) is 20.1 Å². The van der Waals surface area contributed by atoms with E-state index in [2.05, 4.69) is 19.2 Å². The second-order valence-electron chi connectivity index (χ2n) is 5.54. The number of carbonyl (C=O) groups is 1. The summed E-state index contributed by atoms with van der Waals surface area (Å²) in [6, 6.07) is 11.0. The number of rotatable bonds is 6. The molecule has 0 fully saturated rings. The number of anilines is 1. The van der Waals surface area contributed by atoms with Gasteiger partial charge in [-0.05, 0) is 36.1 Å². The quantitative estimate of drug-likeness (QED) is 0.788. The SMILES string of the molecule is CC[C@@H](C)c1ccccc1NC(=O)c1cc(Cl)c(OC)c(OC)c1. The van der Waals surface area contributed by atoms with Crippen LogP contribution in [-0.2, 0) is 0 Å². The average molecular weight is 348 g/mol. The molecule has 0 heterocycles. The molecule has 0 saturated heterocycles. The molecular weight excluding hydrogens is 326 g/mol. The van der Waals surface area contributed by atoms with Gasteiger partial charge in [-0.3, -0.25) is 4.79 Å². The number of nitrogens with one attached hydrogen (secondary N) is 1. The molecule has 0 aliphatic rings. The number of ether oxygens (including phenoxy) is 2. The highest BCUT2D eigenvalue weighted by atomic mass is 35.5. The lowest BCUT2D eigenvalue weighted by Crippen LogP contribution is -2.14. The van der Waals surface area contributed by atoms with E-state index in [0.29, 0.717) is 28.0 Å². The number of carbonyl (C=O) groups excluding carboxylic acids is 1. The van der Waals surface area contributed by atoms with Gasteiger partial charge in [0.1, 0.15) is 0 Å². The minimum Gasteiger partial charge on any atom is -0.493 e. The van der Waals surface area contributed by atoms with Crippen LogP contribution in [0.15, 0.2) is 36.4 Å². The Kier molecular flexibility index (Phi) is 6.10. The summed E-state index contributed by atoms with van der Waals surface area (Å²) in [5, 5.41) is 3.29. The Bertz CT molecular complexity index is 731. The summed E-state index contributed by atoms with van der Waals surface area (Å²) in [5.41, 5.74) is 2.33. The Labute approximate surface area is 147 Å². The molecule has 0 aliphatic heterocycles. The molecule has 0 aromatic heterocycles. The number of para-hydroxylation sites is 1. The average Bonchev–Trinajstić information content (AvgIpc) is 2.60. The molecule has 0 bridgehead atoms. The van der Waals surface area contributed by atoms with Crippen LogP contribution in [0.25, 0.3) is 0 Å². The van der Waals surface area contributed by atoms with E-state index in [4.69, 9.17) is 21.1 Å². The fourth-order valence-electron chi connectivity index (χ4n) is 2.50. The van der Waals surface area contributed by atoms with Gasteiger partial charge in [0.05, 0.1) is 19.2 Å². The maximum Gasteiger partial charge on any atom is 0.255 e. The summed E-state index contributed by atoms with van der Waals surface area (Å²) in [6.07, 6.45) is 0.995. The van der Waals surface area contributed by atoms with Crippen molar-refractivity contribution in [2.24, 2.45) is 0 Å². The molecule has 2 rings (SSSR count). The highest BCUT2D eigenvalue weighted by Crippen LogP contribution is 2.36. The van der Waals surface area contributed by atoms with Crippen molar-refractivity contribution < 1.29 is 14.3 Å². The third kappa shape index (κ3) is 3.82. The number of hydrogen-bond acceptors (Lipinski definition) is 3. The van der Waals surface area contributed by atoms with Crippen LogP contribution < -0.4 is 14.8 Å². The molecule has 0 radical (unpaired) electrons. The Morgan fingerprint density at radius 2 is 1.92 bits per heavy atom. The summed E-state index contributed by atoms with van der Waals surface area (Å²) in [4.78, 5) is 12.6. The lowest BCUT2D eigenvalue weighted by molar-refractivity contribution is 0.102. The summed E-state index contributed by atoms with van der Waals surface area (Å²) >= 11 is 6.18. The van der Waals surface area contributed by atoms with Crippen LogP contribution in [0.1, 0.15) is 42.1 Å². The Morgan fingerprint density at radius 1 is 1.21 bits per heavy atom. The first-order chi connectivity index (χ1) is 11.5. The summed E-state index contributed by atoms with van der Waals surface area (Å²) in [6.45, 7) is 4.26. The molecule has 0 spiro atoms. The molecule has 1 atom stereocenters. The lowest BCUT2D eigenvalue weighted by Gasteiger charge is -2.16. The van der Waals surface area contributed by atoms with E-state index in [0.717, 1.165) is 17.7 Å². The maximum atomic E-state index is 12.6. The summed E-state index contributed by atoms with van der Waals surface area (Å²) in [7, 11) is 3.01. The zero-order valence-electron chi connectivity index (χ0n) is 14.4. The Morgan fingerprint density at radius 3 is 2.54 bits per heavy atom. The first-order valence-electron chi connectivity index (χ1n) is 7.83. The van der Waals surface area contributed by atoms with Gasteiger partial charge in [-0.2, -0.15) is 0 Å². The normalized spacial score (nSPS) is 11.7. The molecule has 0 saturated carbocycles. The maximum absolute atomic E-state index is 12.6. The van der Waals surface area contributed by atoms with Gasteiger partial charge in [0, 0.05) is 11.3 Å². The van der Waals surface area contributed by atoms with Gasteiger partial charge in [-0.1, -0.05) is 43.6 Å². The molecule has 0 unspecified atom stereocenters. The molecule has 1 N–H and O–H groups in total. The fourth-order valence-corrected chi connectivity index (χ4v) is 2.79. The zero-order chi connectivity index (χ0) is 17.7. The highest BCUT2D eigenvalue weighted by Gasteiger charge is 2.17. The van der Waals surface area contributed by atoms with Gasteiger partial charge in [0.2, 0.25) is 0 Å². The van der Waals surface area contributed by atoms with Crippen molar-refractivity contribution in [3.63, 3.8) is 0 Å².